The highest BCUT2D eigenvalue weighted by Crippen LogP contribution is 2.27. The fourth-order valence-electron chi connectivity index (χ4n) is 2.38. The molecule has 0 heterocycles. The molecular formula is C12H26N2O2S. The van der Waals surface area contributed by atoms with Gasteiger partial charge in [0.15, 0.2) is 0 Å². The summed E-state index contributed by atoms with van der Waals surface area (Å²) in [5, 5.41) is 0. The Hall–Kier alpha value is -0.130. The topological polar surface area (TPSA) is 72.2 Å². The van der Waals surface area contributed by atoms with Crippen LogP contribution in [0.5, 0.6) is 0 Å². The third kappa shape index (κ3) is 5.36. The van der Waals surface area contributed by atoms with Gasteiger partial charge >= 0.3 is 0 Å². The highest BCUT2D eigenvalue weighted by molar-refractivity contribution is 7.89. The van der Waals surface area contributed by atoms with E-state index in [1.54, 1.807) is 0 Å². The molecule has 5 heteroatoms. The molecule has 1 saturated carbocycles. The molecule has 1 fully saturated rings. The maximum absolute atomic E-state index is 11.9. The van der Waals surface area contributed by atoms with Gasteiger partial charge < -0.3 is 5.73 Å². The molecule has 1 atom stereocenters. The first-order chi connectivity index (χ1) is 7.94. The number of hydrogen-bond donors (Lipinski definition) is 2. The Morgan fingerprint density at radius 2 is 1.88 bits per heavy atom. The molecule has 0 radical (unpaired) electrons. The van der Waals surface area contributed by atoms with Crippen molar-refractivity contribution in [3.63, 3.8) is 0 Å². The van der Waals surface area contributed by atoms with Crippen molar-refractivity contribution in [2.75, 3.05) is 12.3 Å². The van der Waals surface area contributed by atoms with Crippen molar-refractivity contribution in [1.82, 2.24) is 4.72 Å². The summed E-state index contributed by atoms with van der Waals surface area (Å²) in [5.41, 5.74) is 5.69. The second-order valence-corrected chi connectivity index (χ2v) is 7.38. The molecular weight excluding hydrogens is 236 g/mol. The number of nitrogens with one attached hydrogen (secondary N) is 1. The second-order valence-electron chi connectivity index (χ2n) is 5.51. The summed E-state index contributed by atoms with van der Waals surface area (Å²) in [6.45, 7) is 4.48. The highest BCUT2D eigenvalue weighted by atomic mass is 32.2. The molecule has 0 aliphatic heterocycles. The van der Waals surface area contributed by atoms with Gasteiger partial charge in [0.1, 0.15) is 0 Å². The molecule has 1 aliphatic carbocycles. The van der Waals surface area contributed by atoms with Crippen LogP contribution in [0.25, 0.3) is 0 Å². The van der Waals surface area contributed by atoms with E-state index in [1.165, 1.54) is 12.8 Å². The normalized spacial score (nSPS) is 20.0. The van der Waals surface area contributed by atoms with Crippen LogP contribution in [0.3, 0.4) is 0 Å². The quantitative estimate of drug-likeness (QED) is 0.730. The molecule has 1 unspecified atom stereocenters. The maximum atomic E-state index is 11.9. The first-order valence-corrected chi connectivity index (χ1v) is 8.30. The van der Waals surface area contributed by atoms with E-state index in [0.717, 1.165) is 12.8 Å². The zero-order valence-electron chi connectivity index (χ0n) is 11.0. The lowest BCUT2D eigenvalue weighted by Gasteiger charge is -2.23. The third-order valence-electron chi connectivity index (χ3n) is 3.52. The van der Waals surface area contributed by atoms with Crippen LogP contribution in [0.4, 0.5) is 0 Å². The van der Waals surface area contributed by atoms with Gasteiger partial charge in [-0.05, 0) is 31.1 Å². The first-order valence-electron chi connectivity index (χ1n) is 6.64. The predicted octanol–water partition coefficient (Wildman–Crippen LogP) is 1.47. The molecule has 0 aromatic heterocycles. The lowest BCUT2D eigenvalue weighted by Crippen LogP contribution is -2.45. The largest absolute Gasteiger partial charge is 0.329 e. The minimum absolute atomic E-state index is 0.0605. The summed E-state index contributed by atoms with van der Waals surface area (Å²) in [6.07, 6.45) is 5.32. The number of hydrogen-bond acceptors (Lipinski definition) is 3. The van der Waals surface area contributed by atoms with E-state index in [1.807, 2.05) is 13.8 Å². The van der Waals surface area contributed by atoms with E-state index in [-0.39, 0.29) is 11.8 Å². The minimum atomic E-state index is -3.16. The van der Waals surface area contributed by atoms with E-state index >= 15 is 0 Å². The Bertz CT molecular complexity index is 308. The summed E-state index contributed by atoms with van der Waals surface area (Å²) in [5.74, 6) is 1.07. The standard InChI is InChI=1S/C12H26N2O2S/c1-10(2)7-8-17(15,16)14-12(9-13)11-5-3-4-6-11/h10-12,14H,3-9,13H2,1-2H3. The van der Waals surface area contributed by atoms with Gasteiger partial charge in [0.05, 0.1) is 5.75 Å². The molecule has 102 valence electrons. The number of nitrogens with two attached hydrogens (primary N) is 1. The molecule has 1 aliphatic rings. The van der Waals surface area contributed by atoms with Crippen LogP contribution in [-0.4, -0.2) is 26.8 Å². The molecule has 1 rings (SSSR count). The molecule has 0 bridgehead atoms. The van der Waals surface area contributed by atoms with Gasteiger partial charge in [-0.2, -0.15) is 0 Å². The number of rotatable bonds is 7. The molecule has 4 nitrogen and oxygen atoms in total. The summed E-state index contributed by atoms with van der Waals surface area (Å²) in [4.78, 5) is 0. The Kier molecular flexibility index (Phi) is 5.89. The summed E-state index contributed by atoms with van der Waals surface area (Å²) in [6, 6.07) is -0.0605. The van der Waals surface area contributed by atoms with Crippen LogP contribution in [0.1, 0.15) is 46.0 Å². The van der Waals surface area contributed by atoms with E-state index < -0.39 is 10.0 Å². The molecule has 17 heavy (non-hydrogen) atoms. The average Bonchev–Trinajstić information content (AvgIpc) is 2.77. The molecule has 0 amide bonds. The summed E-state index contributed by atoms with van der Waals surface area (Å²) in [7, 11) is -3.16. The van der Waals surface area contributed by atoms with Crippen molar-refractivity contribution >= 4 is 10.0 Å². The smallest absolute Gasteiger partial charge is 0.211 e. The van der Waals surface area contributed by atoms with Gasteiger partial charge in [0.25, 0.3) is 0 Å². The predicted molar refractivity (Wildman–Crippen MR) is 71.2 cm³/mol. The summed E-state index contributed by atoms with van der Waals surface area (Å²) < 4.78 is 26.6. The van der Waals surface area contributed by atoms with Crippen LogP contribution in [0.15, 0.2) is 0 Å². The number of sulfonamides is 1. The average molecular weight is 262 g/mol. The van der Waals surface area contributed by atoms with Crippen LogP contribution in [0, 0.1) is 11.8 Å². The van der Waals surface area contributed by atoms with Crippen LogP contribution < -0.4 is 10.5 Å². The lowest BCUT2D eigenvalue weighted by atomic mass is 9.99. The lowest BCUT2D eigenvalue weighted by molar-refractivity contribution is 0.405. The second kappa shape index (κ2) is 6.71. The fraction of sp³-hybridized carbons (Fsp3) is 1.00. The van der Waals surface area contributed by atoms with E-state index in [0.29, 0.717) is 24.8 Å². The minimum Gasteiger partial charge on any atom is -0.329 e. The van der Waals surface area contributed by atoms with Gasteiger partial charge in [-0.25, -0.2) is 13.1 Å². The van der Waals surface area contributed by atoms with Gasteiger partial charge in [-0.1, -0.05) is 26.7 Å². The van der Waals surface area contributed by atoms with Crippen molar-refractivity contribution in [2.24, 2.45) is 17.6 Å². The van der Waals surface area contributed by atoms with E-state index in [4.69, 9.17) is 5.73 Å². The SMILES string of the molecule is CC(C)CCS(=O)(=O)NC(CN)C1CCCC1. The van der Waals surface area contributed by atoms with Crippen molar-refractivity contribution < 1.29 is 8.42 Å². The third-order valence-corrected chi connectivity index (χ3v) is 4.95. The molecule has 0 saturated heterocycles. The Labute approximate surface area is 105 Å². The van der Waals surface area contributed by atoms with Crippen molar-refractivity contribution in [3.8, 4) is 0 Å². The highest BCUT2D eigenvalue weighted by Gasteiger charge is 2.27. The zero-order chi connectivity index (χ0) is 12.9. The van der Waals surface area contributed by atoms with Gasteiger partial charge in [-0.3, -0.25) is 0 Å². The van der Waals surface area contributed by atoms with Crippen LogP contribution >= 0.6 is 0 Å². The van der Waals surface area contributed by atoms with Gasteiger partial charge in [0, 0.05) is 12.6 Å². The van der Waals surface area contributed by atoms with Crippen molar-refractivity contribution in [3.05, 3.63) is 0 Å². The van der Waals surface area contributed by atoms with E-state index in [9.17, 15) is 8.42 Å². The van der Waals surface area contributed by atoms with E-state index in [2.05, 4.69) is 4.72 Å². The van der Waals surface area contributed by atoms with Crippen LogP contribution in [0.2, 0.25) is 0 Å². The summed E-state index contributed by atoms with van der Waals surface area (Å²) >= 11 is 0. The fourth-order valence-corrected chi connectivity index (χ4v) is 4.03. The zero-order valence-corrected chi connectivity index (χ0v) is 11.8. The Morgan fingerprint density at radius 1 is 1.29 bits per heavy atom. The van der Waals surface area contributed by atoms with Gasteiger partial charge in [-0.15, -0.1) is 0 Å². The molecule has 0 spiro atoms. The monoisotopic (exact) mass is 262 g/mol. The van der Waals surface area contributed by atoms with Gasteiger partial charge in [0.2, 0.25) is 10.0 Å². The van der Waals surface area contributed by atoms with Crippen LogP contribution in [-0.2, 0) is 10.0 Å². The molecule has 0 aromatic rings. The van der Waals surface area contributed by atoms with Crippen molar-refractivity contribution in [2.45, 2.75) is 52.0 Å². The Morgan fingerprint density at radius 3 is 2.35 bits per heavy atom. The van der Waals surface area contributed by atoms with Crippen molar-refractivity contribution in [1.29, 1.82) is 0 Å². The first kappa shape index (κ1) is 14.9. The molecule has 0 aromatic carbocycles. The molecule has 3 N–H and O–H groups in total. The maximum Gasteiger partial charge on any atom is 0.211 e. The Balaban J connectivity index is 2.48.